The number of hydrogen-bond donors (Lipinski definition) is 0. The van der Waals surface area contributed by atoms with Crippen LogP contribution in [0.1, 0.15) is 34.1 Å². The van der Waals surface area contributed by atoms with Crippen LogP contribution in [0.3, 0.4) is 0 Å². The summed E-state index contributed by atoms with van der Waals surface area (Å²) in [5.41, 5.74) is 12.4. The third-order valence-corrected chi connectivity index (χ3v) is 13.1. The zero-order valence-corrected chi connectivity index (χ0v) is 30.5. The van der Waals surface area contributed by atoms with Crippen molar-refractivity contribution in [3.63, 3.8) is 0 Å². The summed E-state index contributed by atoms with van der Waals surface area (Å²) in [6.45, 7) is 0. The average molecular weight is 721 g/mol. The molecule has 4 aliphatic carbocycles. The summed E-state index contributed by atoms with van der Waals surface area (Å²) < 4.78 is 12.5. The van der Waals surface area contributed by atoms with E-state index in [-0.39, 0.29) is 23.7 Å². The second-order valence-electron chi connectivity index (χ2n) is 15.7. The Hall–Kier alpha value is -6.71. The van der Waals surface area contributed by atoms with Crippen molar-refractivity contribution in [3.8, 4) is 22.3 Å². The van der Waals surface area contributed by atoms with E-state index in [0.29, 0.717) is 0 Å². The lowest BCUT2D eigenvalue weighted by Gasteiger charge is -2.55. The van der Waals surface area contributed by atoms with E-state index in [1.807, 2.05) is 0 Å². The summed E-state index contributed by atoms with van der Waals surface area (Å²) in [5, 5.41) is 7.33. The maximum absolute atomic E-state index is 13.3. The largest absolute Gasteiger partial charge is 0.509 e. The predicted molar refractivity (Wildman–Crippen MR) is 224 cm³/mol. The first-order chi connectivity index (χ1) is 27.7. The van der Waals surface area contributed by atoms with Crippen LogP contribution in [-0.2, 0) is 9.47 Å². The number of hydrogen-bond acceptors (Lipinski definition) is 3. The summed E-state index contributed by atoms with van der Waals surface area (Å²) in [5.74, 6) is -0.276. The molecular weight excluding hydrogens is 685 g/mol. The quantitative estimate of drug-likeness (QED) is 0.170. The number of carbonyl (C=O) groups excluding carboxylic acids is 1. The van der Waals surface area contributed by atoms with E-state index < -0.39 is 18.4 Å². The van der Waals surface area contributed by atoms with Crippen LogP contribution in [0.15, 0.2) is 182 Å². The van der Waals surface area contributed by atoms with Gasteiger partial charge in [-0.3, -0.25) is 0 Å². The Kier molecular flexibility index (Phi) is 6.86. The highest BCUT2D eigenvalue weighted by Gasteiger charge is 2.64. The molecular formula is C53H36O3. The Morgan fingerprint density at radius 1 is 0.357 bits per heavy atom. The summed E-state index contributed by atoms with van der Waals surface area (Å²) >= 11 is 0. The van der Waals surface area contributed by atoms with E-state index >= 15 is 0 Å². The van der Waals surface area contributed by atoms with Gasteiger partial charge in [-0.05, 0) is 87.6 Å². The topological polar surface area (TPSA) is 35.5 Å². The third kappa shape index (κ3) is 4.43. The van der Waals surface area contributed by atoms with Crippen LogP contribution in [0.2, 0.25) is 0 Å². The van der Waals surface area contributed by atoms with Crippen LogP contribution in [-0.4, -0.2) is 18.4 Å². The van der Waals surface area contributed by atoms with E-state index in [1.165, 1.54) is 87.6 Å². The fourth-order valence-corrected chi connectivity index (χ4v) is 11.2. The third-order valence-electron chi connectivity index (χ3n) is 13.1. The van der Waals surface area contributed by atoms with Crippen LogP contribution in [0, 0.1) is 11.8 Å². The number of ether oxygens (including phenoxy) is 2. The van der Waals surface area contributed by atoms with Gasteiger partial charge in [0.2, 0.25) is 0 Å². The number of benzene rings is 8. The first kappa shape index (κ1) is 31.6. The molecule has 8 aromatic rings. The summed E-state index contributed by atoms with van der Waals surface area (Å²) in [6, 6.07) is 66.3. The lowest BCUT2D eigenvalue weighted by Crippen LogP contribution is -2.57. The van der Waals surface area contributed by atoms with Crippen molar-refractivity contribution < 1.29 is 14.3 Å². The van der Waals surface area contributed by atoms with Crippen molar-refractivity contribution in [2.24, 2.45) is 11.8 Å². The van der Waals surface area contributed by atoms with Crippen LogP contribution < -0.4 is 10.4 Å². The zero-order chi connectivity index (χ0) is 36.9. The molecule has 3 heteroatoms. The molecule has 6 unspecified atom stereocenters. The van der Waals surface area contributed by atoms with Gasteiger partial charge in [-0.1, -0.05) is 182 Å². The Labute approximate surface area is 324 Å². The SMILES string of the molecule is O=C1OC2C(O1)C1c3ccccc3C2C2C(c3ccc4ccccc4c3-c3ccccc3)=c3ccccc3=C(c3ccc4ccccc4c3-c3ccccc3)C21. The monoisotopic (exact) mass is 720 g/mol. The lowest BCUT2D eigenvalue weighted by molar-refractivity contribution is 0.0184. The van der Waals surface area contributed by atoms with Gasteiger partial charge in [-0.2, -0.15) is 0 Å². The van der Waals surface area contributed by atoms with Crippen molar-refractivity contribution in [2.75, 3.05) is 0 Å². The number of rotatable bonds is 4. The maximum Gasteiger partial charge on any atom is 0.509 e. The maximum atomic E-state index is 13.3. The molecule has 6 atom stereocenters. The van der Waals surface area contributed by atoms with Crippen LogP contribution >= 0.6 is 0 Å². The van der Waals surface area contributed by atoms with Gasteiger partial charge < -0.3 is 9.47 Å². The fraction of sp³-hybridized carbons (Fsp3) is 0.113. The molecule has 13 rings (SSSR count). The molecule has 1 aliphatic heterocycles. The van der Waals surface area contributed by atoms with Gasteiger partial charge in [-0.15, -0.1) is 0 Å². The number of fused-ring (bicyclic) bond motifs is 3. The molecule has 1 saturated heterocycles. The van der Waals surface area contributed by atoms with Gasteiger partial charge >= 0.3 is 6.16 Å². The Morgan fingerprint density at radius 2 is 0.750 bits per heavy atom. The molecule has 1 heterocycles. The van der Waals surface area contributed by atoms with Crippen molar-refractivity contribution >= 4 is 38.8 Å². The molecule has 0 N–H and O–H groups in total. The number of carbonyl (C=O) groups is 1. The molecule has 0 spiro atoms. The molecule has 1 saturated carbocycles. The molecule has 2 bridgehead atoms. The highest BCUT2D eigenvalue weighted by molar-refractivity contribution is 6.05. The van der Waals surface area contributed by atoms with E-state index in [4.69, 9.17) is 9.47 Å². The van der Waals surface area contributed by atoms with Gasteiger partial charge in [0.1, 0.15) is 0 Å². The van der Waals surface area contributed by atoms with Crippen molar-refractivity contribution in [2.45, 2.75) is 24.0 Å². The molecule has 5 aliphatic rings. The first-order valence-corrected chi connectivity index (χ1v) is 19.7. The van der Waals surface area contributed by atoms with Gasteiger partial charge in [-0.25, -0.2) is 4.79 Å². The zero-order valence-electron chi connectivity index (χ0n) is 30.5. The van der Waals surface area contributed by atoms with Gasteiger partial charge in [0, 0.05) is 23.7 Å². The van der Waals surface area contributed by atoms with Crippen LogP contribution in [0.4, 0.5) is 4.79 Å². The molecule has 2 fully saturated rings. The average Bonchev–Trinajstić information content (AvgIpc) is 3.67. The smallest absolute Gasteiger partial charge is 0.426 e. The van der Waals surface area contributed by atoms with E-state index in [0.717, 1.165) is 0 Å². The minimum atomic E-state index is -0.562. The molecule has 0 aromatic heterocycles. The molecule has 266 valence electrons. The molecule has 0 amide bonds. The fourth-order valence-electron chi connectivity index (χ4n) is 11.2. The van der Waals surface area contributed by atoms with E-state index in [9.17, 15) is 4.79 Å². The minimum Gasteiger partial charge on any atom is -0.426 e. The second kappa shape index (κ2) is 12.1. The standard InChI is InChI=1S/C53H36O3/c54-53-55-51-47-39-25-13-14-26-40(39)48(52(51)56-53)50-46(42-30-28-32-16-8-10-22-36(32)44(42)34-19-5-2-6-20-34)38-24-12-11-23-37(38)45(49(47)50)41-29-27-31-15-7-9-21-35(31)43(41)33-17-3-1-4-18-33/h1-30,47-52H. The van der Waals surface area contributed by atoms with Gasteiger partial charge in [0.05, 0.1) is 0 Å². The highest BCUT2D eigenvalue weighted by atomic mass is 16.8. The Bertz CT molecular complexity index is 2830. The molecule has 56 heavy (non-hydrogen) atoms. The van der Waals surface area contributed by atoms with Crippen molar-refractivity contribution in [1.82, 2.24) is 0 Å². The summed E-state index contributed by atoms with van der Waals surface area (Å²) in [7, 11) is 0. The van der Waals surface area contributed by atoms with Crippen molar-refractivity contribution in [3.05, 3.63) is 215 Å². The van der Waals surface area contributed by atoms with Gasteiger partial charge in [0.25, 0.3) is 0 Å². The minimum absolute atomic E-state index is 0.0192. The Morgan fingerprint density at radius 3 is 1.21 bits per heavy atom. The van der Waals surface area contributed by atoms with Crippen molar-refractivity contribution in [1.29, 1.82) is 0 Å². The van der Waals surface area contributed by atoms with Crippen LogP contribution in [0.5, 0.6) is 0 Å². The highest BCUT2D eigenvalue weighted by Crippen LogP contribution is 2.65. The lowest BCUT2D eigenvalue weighted by atomic mass is 9.48. The summed E-state index contributed by atoms with van der Waals surface area (Å²) in [6.07, 6.45) is -1.35. The molecule has 8 aromatic carbocycles. The summed E-state index contributed by atoms with van der Waals surface area (Å²) in [4.78, 5) is 13.3. The van der Waals surface area contributed by atoms with Gasteiger partial charge in [0.15, 0.2) is 12.2 Å². The molecule has 3 nitrogen and oxygen atoms in total. The Balaban J connectivity index is 1.28. The van der Waals surface area contributed by atoms with E-state index in [2.05, 4.69) is 182 Å². The predicted octanol–water partition coefficient (Wildman–Crippen LogP) is 10.8. The van der Waals surface area contributed by atoms with E-state index in [1.54, 1.807) is 0 Å². The first-order valence-electron chi connectivity index (χ1n) is 19.7. The second-order valence-corrected chi connectivity index (χ2v) is 15.7. The normalized spacial score (nSPS) is 22.9. The van der Waals surface area contributed by atoms with Crippen LogP contribution in [0.25, 0.3) is 54.9 Å². The molecule has 0 radical (unpaired) electrons.